The fraction of sp³-hybridized carbons (Fsp3) is 0.429. The Kier molecular flexibility index (Phi) is 8.11. The van der Waals surface area contributed by atoms with Crippen molar-refractivity contribution in [1.29, 1.82) is 0 Å². The van der Waals surface area contributed by atoms with E-state index in [4.69, 9.17) is 0 Å². The maximum Gasteiger partial charge on any atom is 0.229 e. The van der Waals surface area contributed by atoms with Crippen LogP contribution in [-0.4, -0.2) is 75.4 Å². The van der Waals surface area contributed by atoms with Gasteiger partial charge in [0.1, 0.15) is 5.82 Å². The van der Waals surface area contributed by atoms with Crippen molar-refractivity contribution in [3.8, 4) is 0 Å². The molecule has 3 heterocycles. The molecule has 10 heteroatoms. The standard InChI is InChI=1S/C28H37N7O2S/c1-21-19-30-28(32-23-6-8-25(9-7-23)35-16-14-34(2)15-17-35)33-27(21)31-24-4-3-5-26(18-24)38(36,37)20-22-10-12-29-13-11-22/h3-9,18-19,22,29H,10-17,20H2,1-2H3,(H2,30,31,32,33). The minimum atomic E-state index is -3.37. The third-order valence-electron chi connectivity index (χ3n) is 7.33. The molecule has 0 atom stereocenters. The van der Waals surface area contributed by atoms with E-state index in [-0.39, 0.29) is 11.7 Å². The van der Waals surface area contributed by atoms with Crippen LogP contribution in [0.4, 0.5) is 28.8 Å². The van der Waals surface area contributed by atoms with Gasteiger partial charge in [-0.15, -0.1) is 0 Å². The summed E-state index contributed by atoms with van der Waals surface area (Å²) in [7, 11) is -1.21. The lowest BCUT2D eigenvalue weighted by molar-refractivity contribution is 0.313. The summed E-state index contributed by atoms with van der Waals surface area (Å²) in [6.07, 6.45) is 3.55. The summed E-state index contributed by atoms with van der Waals surface area (Å²) in [5.41, 5.74) is 3.67. The van der Waals surface area contributed by atoms with E-state index in [0.717, 1.165) is 63.4 Å². The van der Waals surface area contributed by atoms with Gasteiger partial charge in [-0.1, -0.05) is 6.07 Å². The average molecular weight is 536 g/mol. The fourth-order valence-corrected chi connectivity index (χ4v) is 6.68. The number of aryl methyl sites for hydroxylation is 1. The molecule has 0 spiro atoms. The molecule has 0 aliphatic carbocycles. The Morgan fingerprint density at radius 2 is 1.71 bits per heavy atom. The number of piperidine rings is 1. The number of rotatable bonds is 8. The van der Waals surface area contributed by atoms with E-state index in [1.807, 2.05) is 25.1 Å². The lowest BCUT2D eigenvalue weighted by Crippen LogP contribution is -2.44. The van der Waals surface area contributed by atoms with E-state index in [2.05, 4.69) is 54.9 Å². The minimum Gasteiger partial charge on any atom is -0.369 e. The van der Waals surface area contributed by atoms with E-state index < -0.39 is 9.84 Å². The van der Waals surface area contributed by atoms with E-state index >= 15 is 0 Å². The molecule has 202 valence electrons. The molecule has 2 aliphatic heterocycles. The molecule has 0 saturated carbocycles. The Morgan fingerprint density at radius 1 is 0.974 bits per heavy atom. The van der Waals surface area contributed by atoms with Crippen molar-refractivity contribution in [3.63, 3.8) is 0 Å². The van der Waals surface area contributed by atoms with Gasteiger partial charge in [0.15, 0.2) is 9.84 Å². The Morgan fingerprint density at radius 3 is 2.45 bits per heavy atom. The number of anilines is 5. The van der Waals surface area contributed by atoms with Crippen LogP contribution in [-0.2, 0) is 9.84 Å². The summed E-state index contributed by atoms with van der Waals surface area (Å²) in [6.45, 7) is 7.88. The highest BCUT2D eigenvalue weighted by Gasteiger charge is 2.23. The third kappa shape index (κ3) is 6.61. The Balaban J connectivity index is 1.26. The van der Waals surface area contributed by atoms with Gasteiger partial charge >= 0.3 is 0 Å². The summed E-state index contributed by atoms with van der Waals surface area (Å²) in [4.78, 5) is 14.2. The monoisotopic (exact) mass is 535 g/mol. The maximum atomic E-state index is 13.1. The maximum absolute atomic E-state index is 13.1. The molecule has 3 aromatic rings. The summed E-state index contributed by atoms with van der Waals surface area (Å²) in [5.74, 6) is 1.49. The second-order valence-corrected chi connectivity index (χ2v) is 12.3. The van der Waals surface area contributed by atoms with E-state index in [0.29, 0.717) is 22.3 Å². The van der Waals surface area contributed by atoms with Crippen LogP contribution in [0.5, 0.6) is 0 Å². The van der Waals surface area contributed by atoms with Crippen LogP contribution in [0, 0.1) is 12.8 Å². The number of aromatic nitrogens is 2. The van der Waals surface area contributed by atoms with Crippen LogP contribution in [0.1, 0.15) is 18.4 Å². The number of nitrogens with one attached hydrogen (secondary N) is 3. The molecular weight excluding hydrogens is 498 g/mol. The molecule has 0 bridgehead atoms. The van der Waals surface area contributed by atoms with Gasteiger partial charge in [-0.05, 0) is 88.3 Å². The van der Waals surface area contributed by atoms with Crippen molar-refractivity contribution in [3.05, 3.63) is 60.3 Å². The van der Waals surface area contributed by atoms with Crippen LogP contribution in [0.3, 0.4) is 0 Å². The zero-order valence-electron chi connectivity index (χ0n) is 22.2. The Hall–Kier alpha value is -3.21. The zero-order valence-corrected chi connectivity index (χ0v) is 23.0. The van der Waals surface area contributed by atoms with Crippen LogP contribution in [0.15, 0.2) is 59.6 Å². The van der Waals surface area contributed by atoms with Crippen LogP contribution in [0.2, 0.25) is 0 Å². The summed E-state index contributed by atoms with van der Waals surface area (Å²) in [5, 5.41) is 9.87. The van der Waals surface area contributed by atoms with Crippen LogP contribution < -0.4 is 20.9 Å². The van der Waals surface area contributed by atoms with E-state index in [1.165, 1.54) is 5.69 Å². The second kappa shape index (κ2) is 11.7. The van der Waals surface area contributed by atoms with Crippen LogP contribution >= 0.6 is 0 Å². The Labute approximate surface area is 225 Å². The molecule has 2 saturated heterocycles. The van der Waals surface area contributed by atoms with Gasteiger partial charge in [-0.3, -0.25) is 0 Å². The normalized spacial score (nSPS) is 17.4. The van der Waals surface area contributed by atoms with Gasteiger partial charge in [-0.25, -0.2) is 13.4 Å². The topological polar surface area (TPSA) is 102 Å². The third-order valence-corrected chi connectivity index (χ3v) is 9.22. The van der Waals surface area contributed by atoms with Gasteiger partial charge in [0, 0.05) is 55.0 Å². The van der Waals surface area contributed by atoms with Gasteiger partial charge in [0.2, 0.25) is 5.95 Å². The lowest BCUT2D eigenvalue weighted by atomic mass is 10.0. The van der Waals surface area contributed by atoms with Crippen molar-refractivity contribution >= 4 is 38.7 Å². The molecule has 2 aliphatic rings. The number of hydrogen-bond donors (Lipinski definition) is 3. The predicted molar refractivity (Wildman–Crippen MR) is 154 cm³/mol. The fourth-order valence-electron chi connectivity index (χ4n) is 4.94. The minimum absolute atomic E-state index is 0.187. The predicted octanol–water partition coefficient (Wildman–Crippen LogP) is 3.80. The largest absolute Gasteiger partial charge is 0.369 e. The van der Waals surface area contributed by atoms with Crippen LogP contribution in [0.25, 0.3) is 0 Å². The number of piperazine rings is 1. The Bertz CT molecular complexity index is 1330. The highest BCUT2D eigenvalue weighted by molar-refractivity contribution is 7.91. The molecule has 2 fully saturated rings. The van der Waals surface area contributed by atoms with Gasteiger partial charge in [0.05, 0.1) is 10.6 Å². The second-order valence-electron chi connectivity index (χ2n) is 10.3. The molecular formula is C28H37N7O2S. The zero-order chi connectivity index (χ0) is 26.5. The van der Waals surface area contributed by atoms with E-state index in [9.17, 15) is 8.42 Å². The summed E-state index contributed by atoms with van der Waals surface area (Å²) >= 11 is 0. The van der Waals surface area contributed by atoms with Crippen molar-refractivity contribution in [2.24, 2.45) is 5.92 Å². The molecule has 0 unspecified atom stereocenters. The molecule has 5 rings (SSSR count). The van der Waals surface area contributed by atoms with Crippen molar-refractivity contribution < 1.29 is 8.42 Å². The number of nitrogens with zero attached hydrogens (tertiary/aromatic N) is 4. The molecule has 0 radical (unpaired) electrons. The summed E-state index contributed by atoms with van der Waals surface area (Å²) in [6, 6.07) is 15.3. The van der Waals surface area contributed by atoms with Crippen molar-refractivity contribution in [2.75, 3.05) is 67.6 Å². The highest BCUT2D eigenvalue weighted by atomic mass is 32.2. The van der Waals surface area contributed by atoms with Gasteiger partial charge < -0.3 is 25.8 Å². The quantitative estimate of drug-likeness (QED) is 0.397. The van der Waals surface area contributed by atoms with Crippen molar-refractivity contribution in [2.45, 2.75) is 24.7 Å². The summed E-state index contributed by atoms with van der Waals surface area (Å²) < 4.78 is 26.2. The first-order valence-electron chi connectivity index (χ1n) is 13.3. The SMILES string of the molecule is Cc1cnc(Nc2ccc(N3CCN(C)CC3)cc2)nc1Nc1cccc(S(=O)(=O)CC2CCNCC2)c1. The number of hydrogen-bond acceptors (Lipinski definition) is 9. The smallest absolute Gasteiger partial charge is 0.229 e. The number of likely N-dealkylation sites (N-methyl/N-ethyl adjacent to an activating group) is 1. The molecule has 38 heavy (non-hydrogen) atoms. The first-order chi connectivity index (χ1) is 18.4. The van der Waals surface area contributed by atoms with Crippen molar-refractivity contribution in [1.82, 2.24) is 20.2 Å². The van der Waals surface area contributed by atoms with E-state index in [1.54, 1.807) is 24.4 Å². The first kappa shape index (κ1) is 26.4. The van der Waals surface area contributed by atoms with Gasteiger partial charge in [0.25, 0.3) is 0 Å². The highest BCUT2D eigenvalue weighted by Crippen LogP contribution is 2.26. The molecule has 1 aromatic heterocycles. The lowest BCUT2D eigenvalue weighted by Gasteiger charge is -2.34. The number of benzene rings is 2. The molecule has 2 aromatic carbocycles. The molecule has 0 amide bonds. The molecule has 9 nitrogen and oxygen atoms in total. The molecule has 3 N–H and O–H groups in total. The first-order valence-corrected chi connectivity index (χ1v) is 15.0. The van der Waals surface area contributed by atoms with Gasteiger partial charge in [-0.2, -0.15) is 4.98 Å². The average Bonchev–Trinajstić information content (AvgIpc) is 2.92. The number of sulfone groups is 1.